The van der Waals surface area contributed by atoms with Crippen molar-refractivity contribution in [3.63, 3.8) is 0 Å². The molecule has 0 amide bonds. The number of esters is 1. The molecule has 0 aromatic carbocycles. The van der Waals surface area contributed by atoms with Crippen LogP contribution in [0.3, 0.4) is 0 Å². The molecule has 0 saturated carbocycles. The SMILES string of the molecule is CCOC(=O)C1=CC(CO)ON1. The number of hydroxylamine groups is 1. The Morgan fingerprint density at radius 2 is 2.67 bits per heavy atom. The molecule has 5 heteroatoms. The van der Waals surface area contributed by atoms with E-state index in [-0.39, 0.29) is 12.3 Å². The van der Waals surface area contributed by atoms with Crippen LogP contribution >= 0.6 is 0 Å². The molecule has 0 saturated heterocycles. The van der Waals surface area contributed by atoms with Crippen molar-refractivity contribution in [1.82, 2.24) is 5.48 Å². The highest BCUT2D eigenvalue weighted by Gasteiger charge is 2.21. The molecule has 1 heterocycles. The van der Waals surface area contributed by atoms with Gasteiger partial charge in [0.05, 0.1) is 13.2 Å². The summed E-state index contributed by atoms with van der Waals surface area (Å²) in [7, 11) is 0. The summed E-state index contributed by atoms with van der Waals surface area (Å²) in [5, 5.41) is 8.63. The van der Waals surface area contributed by atoms with Gasteiger partial charge in [0.1, 0.15) is 11.8 Å². The lowest BCUT2D eigenvalue weighted by Gasteiger charge is -2.02. The number of carbonyl (C=O) groups excluding carboxylic acids is 1. The van der Waals surface area contributed by atoms with Gasteiger partial charge in [-0.2, -0.15) is 0 Å². The van der Waals surface area contributed by atoms with Gasteiger partial charge in [-0.1, -0.05) is 0 Å². The van der Waals surface area contributed by atoms with Crippen molar-refractivity contribution >= 4 is 5.97 Å². The predicted molar refractivity (Wildman–Crippen MR) is 39.8 cm³/mol. The summed E-state index contributed by atoms with van der Waals surface area (Å²) in [5.74, 6) is -0.464. The molecule has 0 spiro atoms. The van der Waals surface area contributed by atoms with Crippen molar-refractivity contribution in [2.45, 2.75) is 13.0 Å². The van der Waals surface area contributed by atoms with Gasteiger partial charge in [-0.3, -0.25) is 10.3 Å². The molecule has 0 radical (unpaired) electrons. The summed E-state index contributed by atoms with van der Waals surface area (Å²) in [6.07, 6.45) is 1.03. The largest absolute Gasteiger partial charge is 0.461 e. The lowest BCUT2D eigenvalue weighted by atomic mass is 10.3. The van der Waals surface area contributed by atoms with Crippen LogP contribution in [0, 0.1) is 0 Å². The normalized spacial score (nSPS) is 21.5. The fourth-order valence-corrected chi connectivity index (χ4v) is 0.802. The minimum Gasteiger partial charge on any atom is -0.461 e. The number of rotatable bonds is 3. The zero-order valence-electron chi connectivity index (χ0n) is 6.74. The molecule has 1 aliphatic heterocycles. The van der Waals surface area contributed by atoms with Gasteiger partial charge in [-0.05, 0) is 13.0 Å². The topological polar surface area (TPSA) is 67.8 Å². The number of aliphatic hydroxyl groups is 1. The second-order valence-corrected chi connectivity index (χ2v) is 2.24. The van der Waals surface area contributed by atoms with Gasteiger partial charge < -0.3 is 9.84 Å². The molecule has 12 heavy (non-hydrogen) atoms. The number of ether oxygens (including phenoxy) is 1. The zero-order valence-corrected chi connectivity index (χ0v) is 6.74. The number of carbonyl (C=O) groups is 1. The molecular formula is C7H11NO4. The van der Waals surface area contributed by atoms with E-state index >= 15 is 0 Å². The van der Waals surface area contributed by atoms with E-state index in [0.717, 1.165) is 0 Å². The minimum absolute atomic E-state index is 0.157. The maximum absolute atomic E-state index is 11.0. The van der Waals surface area contributed by atoms with Crippen molar-refractivity contribution in [1.29, 1.82) is 0 Å². The van der Waals surface area contributed by atoms with Crippen molar-refractivity contribution in [2.75, 3.05) is 13.2 Å². The lowest BCUT2D eigenvalue weighted by Crippen LogP contribution is -2.19. The molecule has 2 N–H and O–H groups in total. The van der Waals surface area contributed by atoms with Crippen LogP contribution in [0.5, 0.6) is 0 Å². The summed E-state index contributed by atoms with van der Waals surface area (Å²) >= 11 is 0. The first kappa shape index (κ1) is 9.02. The van der Waals surface area contributed by atoms with E-state index in [1.807, 2.05) is 0 Å². The van der Waals surface area contributed by atoms with Gasteiger partial charge in [-0.15, -0.1) is 0 Å². The third-order valence-corrected chi connectivity index (χ3v) is 1.35. The first-order valence-electron chi connectivity index (χ1n) is 3.69. The Bertz CT molecular complexity index is 202. The van der Waals surface area contributed by atoms with Crippen LogP contribution < -0.4 is 5.48 Å². The average Bonchev–Trinajstić information content (AvgIpc) is 2.52. The van der Waals surface area contributed by atoms with Crippen LogP contribution in [-0.4, -0.2) is 30.4 Å². The highest BCUT2D eigenvalue weighted by molar-refractivity contribution is 5.87. The molecule has 1 aliphatic rings. The predicted octanol–water partition coefficient (Wildman–Crippen LogP) is -0.671. The highest BCUT2D eigenvalue weighted by atomic mass is 16.7. The van der Waals surface area contributed by atoms with E-state index < -0.39 is 12.1 Å². The third-order valence-electron chi connectivity index (χ3n) is 1.35. The van der Waals surface area contributed by atoms with Gasteiger partial charge in [0.15, 0.2) is 0 Å². The van der Waals surface area contributed by atoms with Gasteiger partial charge in [-0.25, -0.2) is 4.79 Å². The van der Waals surface area contributed by atoms with Crippen LogP contribution in [-0.2, 0) is 14.4 Å². The van der Waals surface area contributed by atoms with Crippen LogP contribution in [0.25, 0.3) is 0 Å². The van der Waals surface area contributed by atoms with Crippen molar-refractivity contribution in [2.24, 2.45) is 0 Å². The Kier molecular flexibility index (Phi) is 3.07. The van der Waals surface area contributed by atoms with Gasteiger partial charge in [0.25, 0.3) is 0 Å². The molecule has 68 valence electrons. The minimum atomic E-state index is -0.464. The summed E-state index contributed by atoms with van der Waals surface area (Å²) in [6.45, 7) is 1.88. The average molecular weight is 173 g/mol. The van der Waals surface area contributed by atoms with E-state index in [2.05, 4.69) is 10.2 Å². The molecule has 0 aliphatic carbocycles. The fraction of sp³-hybridized carbons (Fsp3) is 0.571. The number of hydrogen-bond donors (Lipinski definition) is 2. The molecule has 1 rings (SSSR count). The zero-order chi connectivity index (χ0) is 8.97. The summed E-state index contributed by atoms with van der Waals surface area (Å²) < 4.78 is 4.69. The number of hydrogen-bond acceptors (Lipinski definition) is 5. The molecule has 0 bridgehead atoms. The summed E-state index contributed by atoms with van der Waals surface area (Å²) in [5.41, 5.74) is 2.61. The van der Waals surface area contributed by atoms with E-state index in [0.29, 0.717) is 6.61 Å². The monoisotopic (exact) mass is 173 g/mol. The van der Waals surface area contributed by atoms with E-state index in [1.54, 1.807) is 6.92 Å². The third kappa shape index (κ3) is 1.96. The maximum Gasteiger partial charge on any atom is 0.356 e. The molecule has 0 aromatic rings. The van der Waals surface area contributed by atoms with Crippen molar-refractivity contribution in [3.8, 4) is 0 Å². The Morgan fingerprint density at radius 1 is 1.92 bits per heavy atom. The van der Waals surface area contributed by atoms with Crippen LogP contribution in [0.15, 0.2) is 11.8 Å². The van der Waals surface area contributed by atoms with Gasteiger partial charge >= 0.3 is 5.97 Å². The molecule has 0 fully saturated rings. The second kappa shape index (κ2) is 4.08. The Balaban J connectivity index is 2.48. The van der Waals surface area contributed by atoms with Crippen LogP contribution in [0.1, 0.15) is 6.92 Å². The Labute approximate surface area is 69.9 Å². The molecule has 1 atom stereocenters. The summed E-state index contributed by atoms with van der Waals surface area (Å²) in [6, 6.07) is 0. The standard InChI is InChI=1S/C7H11NO4/c1-2-11-7(10)6-3-5(4-9)12-8-6/h3,5,8-9H,2,4H2,1H3. The second-order valence-electron chi connectivity index (χ2n) is 2.24. The molecule has 1 unspecified atom stereocenters. The van der Waals surface area contributed by atoms with E-state index in [9.17, 15) is 4.79 Å². The fourth-order valence-electron chi connectivity index (χ4n) is 0.802. The number of aliphatic hydroxyl groups excluding tert-OH is 1. The van der Waals surface area contributed by atoms with Crippen molar-refractivity contribution < 1.29 is 19.5 Å². The smallest absolute Gasteiger partial charge is 0.356 e. The first-order valence-corrected chi connectivity index (χ1v) is 3.69. The molecule has 5 nitrogen and oxygen atoms in total. The van der Waals surface area contributed by atoms with Crippen LogP contribution in [0.2, 0.25) is 0 Å². The Hall–Kier alpha value is -1.07. The first-order chi connectivity index (χ1) is 5.77. The lowest BCUT2D eigenvalue weighted by molar-refractivity contribution is -0.140. The van der Waals surface area contributed by atoms with E-state index in [1.165, 1.54) is 6.08 Å². The highest BCUT2D eigenvalue weighted by Crippen LogP contribution is 2.07. The molecular weight excluding hydrogens is 162 g/mol. The van der Waals surface area contributed by atoms with Gasteiger partial charge in [0, 0.05) is 0 Å². The Morgan fingerprint density at radius 3 is 3.17 bits per heavy atom. The maximum atomic E-state index is 11.0. The van der Waals surface area contributed by atoms with Crippen LogP contribution in [0.4, 0.5) is 0 Å². The van der Waals surface area contributed by atoms with Gasteiger partial charge in [0.2, 0.25) is 0 Å². The quantitative estimate of drug-likeness (QED) is 0.554. The molecule has 0 aromatic heterocycles. The number of nitrogens with one attached hydrogen (secondary N) is 1. The van der Waals surface area contributed by atoms with Crippen molar-refractivity contribution in [3.05, 3.63) is 11.8 Å². The van der Waals surface area contributed by atoms with E-state index in [4.69, 9.17) is 9.94 Å². The summed E-state index contributed by atoms with van der Waals surface area (Å²) in [4.78, 5) is 15.8.